The van der Waals surface area contributed by atoms with E-state index in [1.165, 1.54) is 6.42 Å². The fourth-order valence-corrected chi connectivity index (χ4v) is 2.84. The van der Waals surface area contributed by atoms with E-state index in [2.05, 4.69) is 5.32 Å². The Morgan fingerprint density at radius 3 is 2.44 bits per heavy atom. The van der Waals surface area contributed by atoms with Crippen LogP contribution in [0.2, 0.25) is 0 Å². The van der Waals surface area contributed by atoms with Crippen molar-refractivity contribution in [3.05, 3.63) is 0 Å². The van der Waals surface area contributed by atoms with Crippen molar-refractivity contribution in [2.75, 3.05) is 19.6 Å². The standard InChI is InChI=1S/C13H23N3O2/c14-12(17)10-5-8-16(9-6-10)13(18)11-4-2-1-3-7-15-11/h10-11,15H,1-9H2,(H2,14,17). The van der Waals surface area contributed by atoms with Gasteiger partial charge >= 0.3 is 0 Å². The molecule has 0 saturated carbocycles. The van der Waals surface area contributed by atoms with E-state index in [9.17, 15) is 9.59 Å². The first-order chi connectivity index (χ1) is 8.68. The van der Waals surface area contributed by atoms with Crippen LogP contribution in [0.5, 0.6) is 0 Å². The van der Waals surface area contributed by atoms with Gasteiger partial charge in [0, 0.05) is 19.0 Å². The van der Waals surface area contributed by atoms with Crippen LogP contribution in [0, 0.1) is 5.92 Å². The molecule has 18 heavy (non-hydrogen) atoms. The van der Waals surface area contributed by atoms with Gasteiger partial charge in [0.15, 0.2) is 0 Å². The number of piperidine rings is 1. The van der Waals surface area contributed by atoms with Crippen molar-refractivity contribution >= 4 is 11.8 Å². The maximum absolute atomic E-state index is 12.3. The predicted molar refractivity (Wildman–Crippen MR) is 68.8 cm³/mol. The molecule has 2 fully saturated rings. The van der Waals surface area contributed by atoms with E-state index in [1.54, 1.807) is 0 Å². The van der Waals surface area contributed by atoms with E-state index in [-0.39, 0.29) is 23.8 Å². The molecule has 3 N–H and O–H groups in total. The van der Waals surface area contributed by atoms with Gasteiger partial charge in [0.1, 0.15) is 0 Å². The number of primary amides is 1. The van der Waals surface area contributed by atoms with Crippen LogP contribution in [-0.2, 0) is 9.59 Å². The summed E-state index contributed by atoms with van der Waals surface area (Å²) in [4.78, 5) is 25.3. The zero-order chi connectivity index (χ0) is 13.0. The largest absolute Gasteiger partial charge is 0.369 e. The SMILES string of the molecule is NC(=O)C1CCN(C(=O)C2CCCCCN2)CC1. The van der Waals surface area contributed by atoms with Crippen molar-refractivity contribution in [3.8, 4) is 0 Å². The Labute approximate surface area is 108 Å². The highest BCUT2D eigenvalue weighted by molar-refractivity contribution is 5.82. The lowest BCUT2D eigenvalue weighted by atomic mass is 9.95. The van der Waals surface area contributed by atoms with E-state index in [1.807, 2.05) is 4.90 Å². The van der Waals surface area contributed by atoms with Crippen LogP contribution in [0.15, 0.2) is 0 Å². The maximum atomic E-state index is 12.3. The third-order valence-electron chi connectivity index (χ3n) is 4.07. The highest BCUT2D eigenvalue weighted by Gasteiger charge is 2.29. The molecule has 5 nitrogen and oxygen atoms in total. The number of carbonyl (C=O) groups is 2. The van der Waals surface area contributed by atoms with Gasteiger partial charge in [0.2, 0.25) is 11.8 Å². The Morgan fingerprint density at radius 2 is 1.78 bits per heavy atom. The fourth-order valence-electron chi connectivity index (χ4n) is 2.84. The van der Waals surface area contributed by atoms with E-state index in [0.29, 0.717) is 25.9 Å². The Bertz CT molecular complexity index is 303. The van der Waals surface area contributed by atoms with Crippen molar-refractivity contribution in [2.45, 2.75) is 44.6 Å². The molecule has 2 saturated heterocycles. The number of amides is 2. The van der Waals surface area contributed by atoms with Gasteiger partial charge in [-0.3, -0.25) is 9.59 Å². The minimum absolute atomic E-state index is 0.0161. The minimum atomic E-state index is -0.227. The molecule has 102 valence electrons. The van der Waals surface area contributed by atoms with Crippen LogP contribution < -0.4 is 11.1 Å². The lowest BCUT2D eigenvalue weighted by molar-refractivity contribution is -0.136. The topological polar surface area (TPSA) is 75.4 Å². The highest BCUT2D eigenvalue weighted by atomic mass is 16.2. The number of rotatable bonds is 2. The Hall–Kier alpha value is -1.10. The van der Waals surface area contributed by atoms with Crippen molar-refractivity contribution in [1.82, 2.24) is 10.2 Å². The summed E-state index contributed by atoms with van der Waals surface area (Å²) in [6.45, 7) is 2.28. The van der Waals surface area contributed by atoms with Gasteiger partial charge in [-0.1, -0.05) is 12.8 Å². The summed E-state index contributed by atoms with van der Waals surface area (Å²) >= 11 is 0. The summed E-state index contributed by atoms with van der Waals surface area (Å²) in [5.74, 6) is -0.0642. The lowest BCUT2D eigenvalue weighted by Gasteiger charge is -2.33. The summed E-state index contributed by atoms with van der Waals surface area (Å²) in [5, 5.41) is 3.33. The summed E-state index contributed by atoms with van der Waals surface area (Å²) in [7, 11) is 0. The monoisotopic (exact) mass is 253 g/mol. The van der Waals surface area contributed by atoms with Crippen molar-refractivity contribution in [1.29, 1.82) is 0 Å². The molecule has 0 aromatic carbocycles. The Balaban J connectivity index is 1.84. The summed E-state index contributed by atoms with van der Waals surface area (Å²) < 4.78 is 0. The van der Waals surface area contributed by atoms with Crippen molar-refractivity contribution in [3.63, 3.8) is 0 Å². The van der Waals surface area contributed by atoms with Gasteiger partial charge in [-0.15, -0.1) is 0 Å². The van der Waals surface area contributed by atoms with Crippen LogP contribution in [0.1, 0.15) is 38.5 Å². The van der Waals surface area contributed by atoms with E-state index in [0.717, 1.165) is 25.8 Å². The van der Waals surface area contributed by atoms with Gasteiger partial charge in [-0.05, 0) is 32.2 Å². The van der Waals surface area contributed by atoms with Gasteiger partial charge in [-0.25, -0.2) is 0 Å². The second kappa shape index (κ2) is 6.18. The second-order valence-electron chi connectivity index (χ2n) is 5.36. The maximum Gasteiger partial charge on any atom is 0.239 e. The average Bonchev–Trinajstić information content (AvgIpc) is 2.67. The molecule has 1 unspecified atom stereocenters. The molecule has 0 spiro atoms. The number of nitrogens with zero attached hydrogens (tertiary/aromatic N) is 1. The third kappa shape index (κ3) is 3.22. The quantitative estimate of drug-likeness (QED) is 0.740. The molecule has 2 aliphatic heterocycles. The number of nitrogens with one attached hydrogen (secondary N) is 1. The van der Waals surface area contributed by atoms with Crippen LogP contribution in [-0.4, -0.2) is 42.4 Å². The van der Waals surface area contributed by atoms with Gasteiger partial charge < -0.3 is 16.0 Å². The molecule has 2 rings (SSSR count). The lowest BCUT2D eigenvalue weighted by Crippen LogP contribution is -2.49. The first-order valence-corrected chi connectivity index (χ1v) is 7.00. The van der Waals surface area contributed by atoms with Gasteiger partial charge in [0.25, 0.3) is 0 Å². The summed E-state index contributed by atoms with van der Waals surface area (Å²) in [5.41, 5.74) is 5.30. The molecule has 0 aromatic heterocycles. The van der Waals surface area contributed by atoms with Crippen LogP contribution in [0.3, 0.4) is 0 Å². The zero-order valence-corrected chi connectivity index (χ0v) is 10.9. The highest BCUT2D eigenvalue weighted by Crippen LogP contribution is 2.19. The van der Waals surface area contributed by atoms with Crippen molar-refractivity contribution in [2.24, 2.45) is 11.7 Å². The molecular formula is C13H23N3O2. The van der Waals surface area contributed by atoms with E-state index >= 15 is 0 Å². The predicted octanol–water partition coefficient (Wildman–Crippen LogP) is 0.242. The fraction of sp³-hybridized carbons (Fsp3) is 0.846. The number of likely N-dealkylation sites (tertiary alicyclic amines) is 1. The van der Waals surface area contributed by atoms with Crippen molar-refractivity contribution < 1.29 is 9.59 Å². The van der Waals surface area contributed by atoms with E-state index in [4.69, 9.17) is 5.73 Å². The first-order valence-electron chi connectivity index (χ1n) is 7.00. The molecule has 0 bridgehead atoms. The Kier molecular flexibility index (Phi) is 4.58. The summed E-state index contributed by atoms with van der Waals surface area (Å²) in [6.07, 6.45) is 5.87. The molecule has 2 heterocycles. The van der Waals surface area contributed by atoms with E-state index < -0.39 is 0 Å². The smallest absolute Gasteiger partial charge is 0.239 e. The average molecular weight is 253 g/mol. The number of hydrogen-bond donors (Lipinski definition) is 2. The molecule has 5 heteroatoms. The second-order valence-corrected chi connectivity index (χ2v) is 5.36. The molecule has 1 atom stereocenters. The molecule has 0 radical (unpaired) electrons. The normalized spacial score (nSPS) is 26.7. The molecule has 0 aliphatic carbocycles. The molecule has 2 aliphatic rings. The molecule has 0 aromatic rings. The minimum Gasteiger partial charge on any atom is -0.369 e. The van der Waals surface area contributed by atoms with Crippen LogP contribution in [0.4, 0.5) is 0 Å². The Morgan fingerprint density at radius 1 is 1.06 bits per heavy atom. The zero-order valence-electron chi connectivity index (χ0n) is 10.9. The number of hydrogen-bond acceptors (Lipinski definition) is 3. The molecular weight excluding hydrogens is 230 g/mol. The van der Waals surface area contributed by atoms with Crippen LogP contribution >= 0.6 is 0 Å². The van der Waals surface area contributed by atoms with Gasteiger partial charge in [0.05, 0.1) is 6.04 Å². The first kappa shape index (κ1) is 13.3. The molecule has 2 amide bonds. The van der Waals surface area contributed by atoms with Gasteiger partial charge in [-0.2, -0.15) is 0 Å². The number of nitrogens with two attached hydrogens (primary N) is 1. The number of carbonyl (C=O) groups excluding carboxylic acids is 2. The third-order valence-corrected chi connectivity index (χ3v) is 4.07. The van der Waals surface area contributed by atoms with Crippen LogP contribution in [0.25, 0.3) is 0 Å². The summed E-state index contributed by atoms with van der Waals surface area (Å²) in [6, 6.07) is -0.0161.